The lowest BCUT2D eigenvalue weighted by Crippen LogP contribution is -2.28. The molecule has 1 rings (SSSR count). The van der Waals surface area contributed by atoms with E-state index in [1.54, 1.807) is 7.11 Å². The Hall–Kier alpha value is -1.44. The minimum Gasteiger partial charge on any atom is -0.398 e. The summed E-state index contributed by atoms with van der Waals surface area (Å²) in [6.07, 6.45) is 0.874. The Morgan fingerprint density at radius 2 is 2.09 bits per heavy atom. The van der Waals surface area contributed by atoms with E-state index in [4.69, 9.17) is 15.2 Å². The highest BCUT2D eigenvalue weighted by atomic mass is 31.2. The van der Waals surface area contributed by atoms with Crippen molar-refractivity contribution >= 4 is 24.5 Å². The summed E-state index contributed by atoms with van der Waals surface area (Å²) in [5.41, 5.74) is 5.59. The van der Waals surface area contributed by atoms with Gasteiger partial charge in [0.1, 0.15) is 0 Å². The van der Waals surface area contributed by atoms with Gasteiger partial charge < -0.3 is 30.3 Å². The summed E-state index contributed by atoms with van der Waals surface area (Å²) in [7, 11) is -2.89. The standard InChI is InChI=1S/C14H23N2O6P/c1-10(21-2)5-7-22-8-6-16-14(17)11-3-4-12(15)13(9-11)23(18,19)20/h3-4,9-10H,5-8,15H2,1-2H3,(H,16,17)(H2,18,19,20). The van der Waals surface area contributed by atoms with Crippen molar-refractivity contribution in [1.82, 2.24) is 5.32 Å². The summed E-state index contributed by atoms with van der Waals surface area (Å²) < 4.78 is 21.7. The number of anilines is 1. The zero-order valence-electron chi connectivity index (χ0n) is 13.2. The third-order valence-electron chi connectivity index (χ3n) is 3.21. The molecule has 5 N–H and O–H groups in total. The Labute approximate surface area is 135 Å². The number of nitrogens with one attached hydrogen (secondary N) is 1. The van der Waals surface area contributed by atoms with E-state index in [2.05, 4.69) is 5.32 Å². The first-order chi connectivity index (χ1) is 10.8. The molecule has 0 aliphatic carbocycles. The number of benzene rings is 1. The molecule has 9 heteroatoms. The Balaban J connectivity index is 2.45. The van der Waals surface area contributed by atoms with Crippen molar-refractivity contribution in [1.29, 1.82) is 0 Å². The van der Waals surface area contributed by atoms with E-state index in [1.165, 1.54) is 12.1 Å². The maximum absolute atomic E-state index is 11.9. The number of ether oxygens (including phenoxy) is 2. The van der Waals surface area contributed by atoms with Crippen LogP contribution in [-0.4, -0.2) is 48.7 Å². The van der Waals surface area contributed by atoms with Crippen LogP contribution in [0.4, 0.5) is 5.69 Å². The van der Waals surface area contributed by atoms with Crippen LogP contribution < -0.4 is 16.4 Å². The third-order valence-corrected chi connectivity index (χ3v) is 4.22. The topological polar surface area (TPSA) is 131 Å². The third kappa shape index (κ3) is 6.68. The van der Waals surface area contributed by atoms with Crippen molar-refractivity contribution in [3.05, 3.63) is 23.8 Å². The molecule has 0 aliphatic heterocycles. The van der Waals surface area contributed by atoms with E-state index in [0.717, 1.165) is 12.5 Å². The molecule has 0 heterocycles. The van der Waals surface area contributed by atoms with Crippen molar-refractivity contribution in [3.63, 3.8) is 0 Å². The van der Waals surface area contributed by atoms with E-state index < -0.39 is 13.5 Å². The fraction of sp³-hybridized carbons (Fsp3) is 0.500. The number of hydrogen-bond acceptors (Lipinski definition) is 5. The Morgan fingerprint density at radius 3 is 2.70 bits per heavy atom. The number of hydrogen-bond donors (Lipinski definition) is 4. The van der Waals surface area contributed by atoms with Gasteiger partial charge in [0.15, 0.2) is 0 Å². The fourth-order valence-corrected chi connectivity index (χ4v) is 2.46. The molecule has 1 amide bonds. The van der Waals surface area contributed by atoms with Crippen LogP contribution in [0.1, 0.15) is 23.7 Å². The van der Waals surface area contributed by atoms with Gasteiger partial charge in [-0.3, -0.25) is 9.36 Å². The van der Waals surface area contributed by atoms with Gasteiger partial charge in [0, 0.05) is 31.5 Å². The van der Waals surface area contributed by atoms with Crippen LogP contribution in [0.3, 0.4) is 0 Å². The maximum Gasteiger partial charge on any atom is 0.358 e. The van der Waals surface area contributed by atoms with Gasteiger partial charge >= 0.3 is 7.60 Å². The van der Waals surface area contributed by atoms with Crippen LogP contribution in [0.15, 0.2) is 18.2 Å². The van der Waals surface area contributed by atoms with Crippen LogP contribution in [0, 0.1) is 0 Å². The van der Waals surface area contributed by atoms with E-state index in [9.17, 15) is 19.1 Å². The lowest BCUT2D eigenvalue weighted by Gasteiger charge is -2.11. The zero-order chi connectivity index (χ0) is 17.5. The average Bonchev–Trinajstić information content (AvgIpc) is 2.49. The van der Waals surface area contributed by atoms with Gasteiger partial charge in [-0.25, -0.2) is 0 Å². The second-order valence-corrected chi connectivity index (χ2v) is 6.59. The van der Waals surface area contributed by atoms with Gasteiger partial charge in [-0.2, -0.15) is 0 Å². The summed E-state index contributed by atoms with van der Waals surface area (Å²) in [5, 5.41) is 2.26. The summed E-state index contributed by atoms with van der Waals surface area (Å²) in [6.45, 7) is 3.08. The molecule has 0 aromatic heterocycles. The van der Waals surface area contributed by atoms with Crippen LogP contribution in [0.5, 0.6) is 0 Å². The smallest absolute Gasteiger partial charge is 0.358 e. The van der Waals surface area contributed by atoms with Crippen molar-refractivity contribution in [2.45, 2.75) is 19.4 Å². The molecule has 0 bridgehead atoms. The number of amides is 1. The molecular formula is C14H23N2O6P. The largest absolute Gasteiger partial charge is 0.398 e. The molecule has 1 aromatic carbocycles. The molecule has 23 heavy (non-hydrogen) atoms. The maximum atomic E-state index is 11.9. The number of methoxy groups -OCH3 is 1. The Morgan fingerprint density at radius 1 is 1.39 bits per heavy atom. The molecule has 0 saturated heterocycles. The highest BCUT2D eigenvalue weighted by Gasteiger charge is 2.22. The number of nitrogen functional groups attached to an aromatic ring is 1. The van der Waals surface area contributed by atoms with Gasteiger partial charge in [-0.15, -0.1) is 0 Å². The summed E-state index contributed by atoms with van der Waals surface area (Å²) in [4.78, 5) is 30.3. The average molecular weight is 346 g/mol. The molecule has 0 aliphatic rings. The monoisotopic (exact) mass is 346 g/mol. The van der Waals surface area contributed by atoms with Crippen molar-refractivity contribution in [2.24, 2.45) is 0 Å². The minimum absolute atomic E-state index is 0.0505. The zero-order valence-corrected chi connectivity index (χ0v) is 14.1. The number of carbonyl (C=O) groups excluding carboxylic acids is 1. The molecule has 8 nitrogen and oxygen atoms in total. The van der Waals surface area contributed by atoms with E-state index in [0.29, 0.717) is 13.2 Å². The normalized spacial score (nSPS) is 12.9. The Kier molecular flexibility index (Phi) is 7.67. The molecule has 0 radical (unpaired) electrons. The van der Waals surface area contributed by atoms with Crippen molar-refractivity contribution in [3.8, 4) is 0 Å². The first kappa shape index (κ1) is 19.6. The quantitative estimate of drug-likeness (QED) is 0.286. The predicted molar refractivity (Wildman–Crippen MR) is 86.8 cm³/mol. The van der Waals surface area contributed by atoms with Crippen LogP contribution in [0.2, 0.25) is 0 Å². The molecule has 130 valence electrons. The minimum atomic E-state index is -4.52. The van der Waals surface area contributed by atoms with Gasteiger partial charge in [0.2, 0.25) is 0 Å². The molecular weight excluding hydrogens is 323 g/mol. The van der Waals surface area contributed by atoms with Crippen LogP contribution >= 0.6 is 7.60 Å². The first-order valence-electron chi connectivity index (χ1n) is 7.10. The second kappa shape index (κ2) is 9.00. The molecule has 1 unspecified atom stereocenters. The molecule has 0 spiro atoms. The molecule has 0 fully saturated rings. The first-order valence-corrected chi connectivity index (χ1v) is 8.71. The highest BCUT2D eigenvalue weighted by Crippen LogP contribution is 2.35. The lowest BCUT2D eigenvalue weighted by molar-refractivity contribution is 0.0613. The van der Waals surface area contributed by atoms with Gasteiger partial charge in [-0.1, -0.05) is 0 Å². The van der Waals surface area contributed by atoms with Gasteiger partial charge in [0.05, 0.1) is 18.0 Å². The van der Waals surface area contributed by atoms with Crippen molar-refractivity contribution in [2.75, 3.05) is 32.6 Å². The van der Waals surface area contributed by atoms with Crippen LogP contribution in [0.25, 0.3) is 0 Å². The Bertz CT molecular complexity index is 574. The number of nitrogens with two attached hydrogens (primary N) is 1. The molecule has 1 atom stereocenters. The van der Waals surface area contributed by atoms with E-state index in [1.807, 2.05) is 6.92 Å². The van der Waals surface area contributed by atoms with Crippen LogP contribution in [-0.2, 0) is 14.0 Å². The highest BCUT2D eigenvalue weighted by molar-refractivity contribution is 7.60. The van der Waals surface area contributed by atoms with Gasteiger partial charge in [-0.05, 0) is 31.5 Å². The second-order valence-electron chi connectivity index (χ2n) is 5.02. The summed E-state index contributed by atoms with van der Waals surface area (Å²) in [5.74, 6) is -0.450. The van der Waals surface area contributed by atoms with E-state index >= 15 is 0 Å². The number of rotatable bonds is 9. The van der Waals surface area contributed by atoms with Crippen molar-refractivity contribution < 1.29 is 28.6 Å². The lowest BCUT2D eigenvalue weighted by atomic mass is 10.2. The summed E-state index contributed by atoms with van der Waals surface area (Å²) >= 11 is 0. The van der Waals surface area contributed by atoms with E-state index in [-0.39, 0.29) is 29.2 Å². The number of carbonyl (C=O) groups is 1. The molecule has 1 aromatic rings. The van der Waals surface area contributed by atoms with Gasteiger partial charge in [0.25, 0.3) is 5.91 Å². The predicted octanol–water partition coefficient (Wildman–Crippen LogP) is 0.243. The SMILES string of the molecule is COC(C)CCOCCNC(=O)c1ccc(N)c(P(=O)(O)O)c1. The fourth-order valence-electron chi connectivity index (χ4n) is 1.75. The summed E-state index contributed by atoms with van der Waals surface area (Å²) in [6, 6.07) is 3.81. The molecule has 0 saturated carbocycles.